The van der Waals surface area contributed by atoms with Crippen molar-refractivity contribution in [2.24, 2.45) is 7.05 Å². The third-order valence-electron chi connectivity index (χ3n) is 3.26. The van der Waals surface area contributed by atoms with Crippen molar-refractivity contribution in [1.29, 1.82) is 5.26 Å². The first-order valence-corrected chi connectivity index (χ1v) is 6.28. The van der Waals surface area contributed by atoms with Crippen LogP contribution in [0.3, 0.4) is 0 Å². The lowest BCUT2D eigenvalue weighted by molar-refractivity contribution is 0.0914. The van der Waals surface area contributed by atoms with E-state index in [1.54, 1.807) is 17.9 Å². The molecule has 18 heavy (non-hydrogen) atoms. The molecule has 0 spiro atoms. The number of aromatic nitrogens is 2. The zero-order valence-electron chi connectivity index (χ0n) is 11.4. The van der Waals surface area contributed by atoms with Gasteiger partial charge in [-0.05, 0) is 19.3 Å². The van der Waals surface area contributed by atoms with Crippen molar-refractivity contribution in [2.75, 3.05) is 0 Å². The molecule has 0 saturated heterocycles. The van der Waals surface area contributed by atoms with E-state index in [0.29, 0.717) is 24.8 Å². The maximum absolute atomic E-state index is 12.2. The minimum atomic E-state index is -0.780. The molecule has 0 saturated carbocycles. The highest BCUT2D eigenvalue weighted by atomic mass is 16.1. The fourth-order valence-corrected chi connectivity index (χ4v) is 1.88. The van der Waals surface area contributed by atoms with Gasteiger partial charge < -0.3 is 5.32 Å². The summed E-state index contributed by atoms with van der Waals surface area (Å²) in [5.74, 6) is -0.217. The van der Waals surface area contributed by atoms with Gasteiger partial charge in [-0.25, -0.2) is 0 Å². The molecule has 1 heterocycles. The van der Waals surface area contributed by atoms with Gasteiger partial charge in [0.2, 0.25) is 0 Å². The highest BCUT2D eigenvalue weighted by Gasteiger charge is 2.29. The van der Waals surface area contributed by atoms with Crippen molar-refractivity contribution in [2.45, 2.75) is 45.6 Å². The van der Waals surface area contributed by atoms with Gasteiger partial charge in [-0.3, -0.25) is 9.48 Å². The summed E-state index contributed by atoms with van der Waals surface area (Å²) >= 11 is 0. The van der Waals surface area contributed by atoms with Crippen LogP contribution in [0.2, 0.25) is 0 Å². The van der Waals surface area contributed by atoms with Crippen molar-refractivity contribution < 1.29 is 4.79 Å². The maximum atomic E-state index is 12.2. The van der Waals surface area contributed by atoms with Gasteiger partial charge in [0.05, 0.1) is 17.3 Å². The summed E-state index contributed by atoms with van der Waals surface area (Å²) in [5, 5.41) is 16.3. The lowest BCUT2D eigenvalue weighted by Gasteiger charge is -2.24. The molecule has 0 aliphatic carbocycles. The van der Waals surface area contributed by atoms with Gasteiger partial charge in [0.15, 0.2) is 0 Å². The van der Waals surface area contributed by atoms with E-state index in [4.69, 9.17) is 0 Å². The summed E-state index contributed by atoms with van der Waals surface area (Å²) in [7, 11) is 1.78. The summed E-state index contributed by atoms with van der Waals surface area (Å²) in [4.78, 5) is 12.2. The Labute approximate surface area is 108 Å². The fraction of sp³-hybridized carbons (Fsp3) is 0.615. The molecule has 5 nitrogen and oxygen atoms in total. The third-order valence-corrected chi connectivity index (χ3v) is 3.26. The Morgan fingerprint density at radius 3 is 2.56 bits per heavy atom. The summed E-state index contributed by atoms with van der Waals surface area (Å²) in [5.41, 5.74) is 0.536. The SMILES string of the molecule is CCc1nn(C)cc1C(=O)NC(C#N)(CC)CC. The topological polar surface area (TPSA) is 70.7 Å². The van der Waals surface area contributed by atoms with Gasteiger partial charge >= 0.3 is 0 Å². The van der Waals surface area contributed by atoms with E-state index < -0.39 is 5.54 Å². The first-order valence-electron chi connectivity index (χ1n) is 6.28. The van der Waals surface area contributed by atoms with Crippen molar-refractivity contribution in [1.82, 2.24) is 15.1 Å². The van der Waals surface area contributed by atoms with Crippen LogP contribution in [0.5, 0.6) is 0 Å². The first kappa shape index (κ1) is 14.2. The summed E-state index contributed by atoms with van der Waals surface area (Å²) in [6, 6.07) is 2.20. The fourth-order valence-electron chi connectivity index (χ4n) is 1.88. The highest BCUT2D eigenvalue weighted by Crippen LogP contribution is 2.16. The summed E-state index contributed by atoms with van der Waals surface area (Å²) < 4.78 is 1.62. The van der Waals surface area contributed by atoms with E-state index in [1.165, 1.54) is 0 Å². The predicted octanol–water partition coefficient (Wildman–Crippen LogP) is 1.79. The number of amides is 1. The Hall–Kier alpha value is -1.83. The van der Waals surface area contributed by atoms with Gasteiger partial charge in [0, 0.05) is 13.2 Å². The Kier molecular flexibility index (Phi) is 4.49. The second-order valence-corrected chi connectivity index (χ2v) is 4.37. The van der Waals surface area contributed by atoms with Gasteiger partial charge in [-0.1, -0.05) is 20.8 Å². The highest BCUT2D eigenvalue weighted by molar-refractivity contribution is 5.95. The molecule has 0 atom stereocenters. The van der Waals surface area contributed by atoms with E-state index in [9.17, 15) is 10.1 Å². The Balaban J connectivity index is 2.98. The average molecular weight is 248 g/mol. The lowest BCUT2D eigenvalue weighted by Crippen LogP contribution is -2.46. The number of nitriles is 1. The van der Waals surface area contributed by atoms with E-state index >= 15 is 0 Å². The molecule has 0 aromatic carbocycles. The molecule has 1 aromatic heterocycles. The molecular weight excluding hydrogens is 228 g/mol. The number of aryl methyl sites for hydroxylation is 2. The summed E-state index contributed by atoms with van der Waals surface area (Å²) in [6.45, 7) is 5.75. The number of hydrogen-bond acceptors (Lipinski definition) is 3. The molecule has 0 aliphatic heterocycles. The van der Waals surface area contributed by atoms with Crippen LogP contribution in [-0.2, 0) is 13.5 Å². The Morgan fingerprint density at radius 2 is 2.11 bits per heavy atom. The number of nitrogens with zero attached hydrogens (tertiary/aromatic N) is 3. The standard InChI is InChI=1S/C13H20N4O/c1-5-11-10(8-17(4)16-11)12(18)15-13(6-2,7-3)9-14/h8H,5-7H2,1-4H3,(H,15,18). The van der Waals surface area contributed by atoms with Crippen molar-refractivity contribution in [3.63, 3.8) is 0 Å². The number of nitrogens with one attached hydrogen (secondary N) is 1. The second-order valence-electron chi connectivity index (χ2n) is 4.37. The van der Waals surface area contributed by atoms with Gasteiger partial charge in [0.1, 0.15) is 5.54 Å². The van der Waals surface area contributed by atoms with E-state index in [0.717, 1.165) is 5.69 Å². The molecule has 0 unspecified atom stereocenters. The molecule has 98 valence electrons. The number of rotatable bonds is 5. The first-order chi connectivity index (χ1) is 8.51. The van der Waals surface area contributed by atoms with Crippen molar-refractivity contribution >= 4 is 5.91 Å². The number of carbonyl (C=O) groups excluding carboxylic acids is 1. The van der Waals surface area contributed by atoms with Crippen LogP contribution in [0, 0.1) is 11.3 Å². The van der Waals surface area contributed by atoms with Crippen LogP contribution in [-0.4, -0.2) is 21.2 Å². The average Bonchev–Trinajstić information content (AvgIpc) is 2.77. The molecule has 0 fully saturated rings. The van der Waals surface area contributed by atoms with Gasteiger partial charge in [0.25, 0.3) is 5.91 Å². The Bertz CT molecular complexity index is 466. The molecular formula is C13H20N4O. The monoisotopic (exact) mass is 248 g/mol. The largest absolute Gasteiger partial charge is 0.334 e. The van der Waals surface area contributed by atoms with Crippen LogP contribution in [0.15, 0.2) is 6.20 Å². The smallest absolute Gasteiger partial charge is 0.256 e. The minimum Gasteiger partial charge on any atom is -0.334 e. The molecule has 5 heteroatoms. The van der Waals surface area contributed by atoms with Gasteiger partial charge in [-0.15, -0.1) is 0 Å². The van der Waals surface area contributed by atoms with E-state index in [1.807, 2.05) is 20.8 Å². The van der Waals surface area contributed by atoms with E-state index in [-0.39, 0.29) is 5.91 Å². The molecule has 1 rings (SSSR count). The normalized spacial score (nSPS) is 11.1. The van der Waals surface area contributed by atoms with E-state index in [2.05, 4.69) is 16.5 Å². The molecule has 1 amide bonds. The zero-order valence-corrected chi connectivity index (χ0v) is 11.4. The second kappa shape index (κ2) is 5.67. The maximum Gasteiger partial charge on any atom is 0.256 e. The number of hydrogen-bond donors (Lipinski definition) is 1. The predicted molar refractivity (Wildman–Crippen MR) is 69.0 cm³/mol. The quantitative estimate of drug-likeness (QED) is 0.863. The van der Waals surface area contributed by atoms with Crippen LogP contribution < -0.4 is 5.32 Å². The molecule has 0 bridgehead atoms. The van der Waals surface area contributed by atoms with Crippen LogP contribution in [0.1, 0.15) is 49.7 Å². The molecule has 1 aromatic rings. The number of carbonyl (C=O) groups is 1. The van der Waals surface area contributed by atoms with Gasteiger partial charge in [-0.2, -0.15) is 10.4 Å². The lowest BCUT2D eigenvalue weighted by atomic mass is 9.94. The molecule has 0 radical (unpaired) electrons. The van der Waals surface area contributed by atoms with Crippen LogP contribution in [0.4, 0.5) is 0 Å². The van der Waals surface area contributed by atoms with Crippen LogP contribution >= 0.6 is 0 Å². The molecule has 1 N–H and O–H groups in total. The molecule has 0 aliphatic rings. The van der Waals surface area contributed by atoms with Crippen LogP contribution in [0.25, 0.3) is 0 Å². The van der Waals surface area contributed by atoms with Crippen molar-refractivity contribution in [3.8, 4) is 6.07 Å². The zero-order chi connectivity index (χ0) is 13.8. The summed E-state index contributed by atoms with van der Waals surface area (Å²) in [6.07, 6.45) is 3.57. The third kappa shape index (κ3) is 2.70. The Morgan fingerprint density at radius 1 is 1.50 bits per heavy atom. The minimum absolute atomic E-state index is 0.217. The van der Waals surface area contributed by atoms with Crippen molar-refractivity contribution in [3.05, 3.63) is 17.5 Å².